The predicted octanol–water partition coefficient (Wildman–Crippen LogP) is 4.67. The van der Waals surface area contributed by atoms with E-state index in [0.717, 1.165) is 22.5 Å². The molecule has 1 unspecified atom stereocenters. The Balaban J connectivity index is 1.58. The molecule has 1 heterocycles. The Labute approximate surface area is 177 Å². The van der Waals surface area contributed by atoms with Gasteiger partial charge in [-0.2, -0.15) is 5.10 Å². The normalized spacial score (nSPS) is 11.8. The molecule has 0 radical (unpaired) electrons. The maximum atomic E-state index is 12.8. The van der Waals surface area contributed by atoms with E-state index in [1.54, 1.807) is 18.5 Å². The first-order chi connectivity index (χ1) is 14.6. The van der Waals surface area contributed by atoms with E-state index in [9.17, 15) is 9.00 Å². The fraction of sp³-hybridized carbons (Fsp3) is 0.0833. The fourth-order valence-corrected chi connectivity index (χ4v) is 3.94. The highest BCUT2D eigenvalue weighted by molar-refractivity contribution is 7.83. The van der Waals surface area contributed by atoms with Gasteiger partial charge in [0.25, 0.3) is 5.91 Å². The van der Waals surface area contributed by atoms with Crippen molar-refractivity contribution in [3.63, 3.8) is 0 Å². The second-order valence-electron chi connectivity index (χ2n) is 6.92. The lowest BCUT2D eigenvalue weighted by Gasteiger charge is -2.11. The van der Waals surface area contributed by atoms with Gasteiger partial charge in [-0.05, 0) is 42.0 Å². The van der Waals surface area contributed by atoms with Crippen LogP contribution in [-0.2, 0) is 16.6 Å². The van der Waals surface area contributed by atoms with Crippen LogP contribution in [0.4, 0.5) is 5.69 Å². The van der Waals surface area contributed by atoms with Crippen LogP contribution in [0.5, 0.6) is 0 Å². The summed E-state index contributed by atoms with van der Waals surface area (Å²) >= 11 is 0. The van der Waals surface area contributed by atoms with Crippen LogP contribution in [-0.4, -0.2) is 26.2 Å². The number of aromatic nitrogens is 2. The van der Waals surface area contributed by atoms with E-state index in [1.165, 1.54) is 0 Å². The van der Waals surface area contributed by atoms with Crippen LogP contribution in [0.1, 0.15) is 15.9 Å². The number of hydrogen-bond donors (Lipinski definition) is 1. The number of carbonyl (C=O) groups excluding carboxylic acids is 1. The number of rotatable bonds is 6. The van der Waals surface area contributed by atoms with E-state index in [0.29, 0.717) is 17.0 Å². The summed E-state index contributed by atoms with van der Waals surface area (Å²) in [6.45, 7) is 0. The first-order valence-corrected chi connectivity index (χ1v) is 11.2. The maximum absolute atomic E-state index is 12.8. The van der Waals surface area contributed by atoms with Gasteiger partial charge in [-0.25, -0.2) is 4.68 Å². The van der Waals surface area contributed by atoms with Crippen LogP contribution in [0.15, 0.2) is 91.1 Å². The highest BCUT2D eigenvalue weighted by Crippen LogP contribution is 2.23. The van der Waals surface area contributed by atoms with Crippen LogP contribution in [0.3, 0.4) is 0 Å². The molecule has 4 rings (SSSR count). The fourth-order valence-electron chi connectivity index (χ4n) is 3.29. The van der Waals surface area contributed by atoms with Crippen molar-refractivity contribution in [1.82, 2.24) is 9.78 Å². The highest BCUT2D eigenvalue weighted by Gasteiger charge is 2.11. The Hall–Kier alpha value is -3.51. The van der Waals surface area contributed by atoms with Gasteiger partial charge < -0.3 is 5.32 Å². The molecule has 0 aliphatic rings. The van der Waals surface area contributed by atoms with E-state index in [4.69, 9.17) is 0 Å². The van der Waals surface area contributed by atoms with Gasteiger partial charge in [0.2, 0.25) is 0 Å². The number of nitrogens with zero attached hydrogens (tertiary/aromatic N) is 2. The second-order valence-corrected chi connectivity index (χ2v) is 8.35. The number of amides is 1. The molecule has 5 nitrogen and oxygen atoms in total. The zero-order chi connectivity index (χ0) is 20.9. The Morgan fingerprint density at radius 1 is 0.967 bits per heavy atom. The van der Waals surface area contributed by atoms with E-state index in [-0.39, 0.29) is 5.91 Å². The molecule has 0 saturated heterocycles. The lowest BCUT2D eigenvalue weighted by molar-refractivity contribution is 0.102. The summed E-state index contributed by atoms with van der Waals surface area (Å²) in [6, 6.07) is 26.7. The van der Waals surface area contributed by atoms with E-state index in [2.05, 4.69) is 10.4 Å². The molecule has 150 valence electrons. The Bertz CT molecular complexity index is 1200. The van der Waals surface area contributed by atoms with Gasteiger partial charge in [0.1, 0.15) is 0 Å². The molecular weight excluding hydrogens is 394 g/mol. The summed E-state index contributed by atoms with van der Waals surface area (Å²) in [4.78, 5) is 12.8. The first kappa shape index (κ1) is 19.8. The second kappa shape index (κ2) is 8.88. The van der Waals surface area contributed by atoms with Gasteiger partial charge in [0.05, 0.1) is 17.6 Å². The van der Waals surface area contributed by atoms with Crippen molar-refractivity contribution in [3.8, 4) is 16.9 Å². The average molecular weight is 416 g/mol. The van der Waals surface area contributed by atoms with Crippen molar-refractivity contribution >= 4 is 22.4 Å². The molecule has 1 aromatic heterocycles. The molecule has 4 aromatic rings. The Kier molecular flexibility index (Phi) is 5.86. The summed E-state index contributed by atoms with van der Waals surface area (Å²) in [5.41, 5.74) is 4.94. The van der Waals surface area contributed by atoms with Gasteiger partial charge in [-0.15, -0.1) is 0 Å². The SMILES string of the molecule is CS(=O)Cc1cccc(NC(=O)c2cccc(-n3nccc3-c3ccccc3)c2)c1. The number of carbonyl (C=O) groups is 1. The minimum atomic E-state index is -0.934. The van der Waals surface area contributed by atoms with E-state index >= 15 is 0 Å². The van der Waals surface area contributed by atoms with Gasteiger partial charge in [-0.3, -0.25) is 9.00 Å². The number of hydrogen-bond acceptors (Lipinski definition) is 3. The van der Waals surface area contributed by atoms with Crippen LogP contribution < -0.4 is 5.32 Å². The van der Waals surface area contributed by atoms with E-state index < -0.39 is 10.8 Å². The molecule has 0 spiro atoms. The van der Waals surface area contributed by atoms with Crippen molar-refractivity contribution in [2.75, 3.05) is 11.6 Å². The van der Waals surface area contributed by atoms with Gasteiger partial charge >= 0.3 is 0 Å². The molecular formula is C24H21N3O2S. The predicted molar refractivity (Wildman–Crippen MR) is 121 cm³/mol. The Morgan fingerprint density at radius 3 is 2.57 bits per heavy atom. The topological polar surface area (TPSA) is 64.0 Å². The average Bonchev–Trinajstić information content (AvgIpc) is 3.24. The monoisotopic (exact) mass is 415 g/mol. The summed E-state index contributed by atoms with van der Waals surface area (Å²) in [6.07, 6.45) is 3.41. The third-order valence-corrected chi connectivity index (χ3v) is 5.36. The smallest absolute Gasteiger partial charge is 0.255 e. The molecule has 1 atom stereocenters. The molecule has 0 aliphatic heterocycles. The molecule has 30 heavy (non-hydrogen) atoms. The third kappa shape index (κ3) is 4.55. The Morgan fingerprint density at radius 2 is 1.77 bits per heavy atom. The van der Waals surface area contributed by atoms with Gasteiger partial charge in [0, 0.05) is 39.6 Å². The molecule has 1 amide bonds. The largest absolute Gasteiger partial charge is 0.322 e. The van der Waals surface area contributed by atoms with Crippen LogP contribution >= 0.6 is 0 Å². The summed E-state index contributed by atoms with van der Waals surface area (Å²) in [5, 5.41) is 7.37. The van der Waals surface area contributed by atoms with Crippen LogP contribution in [0.25, 0.3) is 16.9 Å². The summed E-state index contributed by atoms with van der Waals surface area (Å²) in [5.74, 6) is 0.251. The third-order valence-electron chi connectivity index (χ3n) is 4.62. The zero-order valence-electron chi connectivity index (χ0n) is 16.5. The van der Waals surface area contributed by atoms with Gasteiger partial charge in [-0.1, -0.05) is 48.5 Å². The quantitative estimate of drug-likeness (QED) is 0.498. The standard InChI is InChI=1S/C24H21N3O2S/c1-30(29)17-18-7-5-11-21(15-18)26-24(28)20-10-6-12-22(16-20)27-23(13-14-25-27)19-8-3-2-4-9-19/h2-16H,17H2,1H3,(H,26,28). The lowest BCUT2D eigenvalue weighted by atomic mass is 10.1. The highest BCUT2D eigenvalue weighted by atomic mass is 32.2. The van der Waals surface area contributed by atoms with Gasteiger partial charge in [0.15, 0.2) is 0 Å². The molecule has 1 N–H and O–H groups in total. The molecule has 0 aliphatic carbocycles. The van der Waals surface area contributed by atoms with Crippen LogP contribution in [0.2, 0.25) is 0 Å². The molecule has 6 heteroatoms. The molecule has 3 aromatic carbocycles. The van der Waals surface area contributed by atoms with Crippen molar-refractivity contribution in [3.05, 3.63) is 102 Å². The number of anilines is 1. The molecule has 0 bridgehead atoms. The minimum absolute atomic E-state index is 0.208. The van der Waals surface area contributed by atoms with Crippen LogP contribution in [0, 0.1) is 0 Å². The van der Waals surface area contributed by atoms with Crippen molar-refractivity contribution in [2.24, 2.45) is 0 Å². The maximum Gasteiger partial charge on any atom is 0.255 e. The van der Waals surface area contributed by atoms with E-state index in [1.807, 2.05) is 83.5 Å². The lowest BCUT2D eigenvalue weighted by Crippen LogP contribution is -2.13. The van der Waals surface area contributed by atoms with Crippen molar-refractivity contribution in [2.45, 2.75) is 5.75 Å². The van der Waals surface area contributed by atoms with Crippen molar-refractivity contribution in [1.29, 1.82) is 0 Å². The zero-order valence-corrected chi connectivity index (χ0v) is 17.3. The number of benzene rings is 3. The minimum Gasteiger partial charge on any atom is -0.322 e. The summed E-state index contributed by atoms with van der Waals surface area (Å²) in [7, 11) is -0.934. The molecule has 0 fully saturated rings. The van der Waals surface area contributed by atoms with Crippen molar-refractivity contribution < 1.29 is 9.00 Å². The number of nitrogens with one attached hydrogen (secondary N) is 1. The summed E-state index contributed by atoms with van der Waals surface area (Å²) < 4.78 is 13.3. The first-order valence-electron chi connectivity index (χ1n) is 9.50. The molecule has 0 saturated carbocycles.